The number of aliphatic hydroxyl groups excluding tert-OH is 8. The molecule has 52 heteroatoms. The van der Waals surface area contributed by atoms with Gasteiger partial charge in [0.2, 0.25) is 23.4 Å². The average molecular weight is 1900 g/mol. The molecule has 12 heterocycles. The van der Waals surface area contributed by atoms with Gasteiger partial charge in [0, 0.05) is 72.7 Å². The number of rotatable bonds is 20. The molecule has 8 aliphatic rings. The maximum absolute atomic E-state index is 15.8. The summed E-state index contributed by atoms with van der Waals surface area (Å²) in [6.07, 6.45) is -16.7. The molecule has 4 aromatic heterocycles. The first kappa shape index (κ1) is 87.9. The molecular weight excluding hydrogens is 1800 g/mol. The lowest BCUT2D eigenvalue weighted by molar-refractivity contribution is -0.179. The largest absolute Gasteiger partial charge is 0.530 e. The maximum Gasteiger partial charge on any atom is 0.530 e. The molecule has 4 saturated heterocycles. The maximum atomic E-state index is 15.8. The first-order valence-electron chi connectivity index (χ1n) is 41.3. The molecule has 0 spiro atoms. The highest BCUT2D eigenvalue weighted by Crippen LogP contribution is 2.61. The Morgan fingerprint density at radius 3 is 0.938 bits per heavy atom. The zero-order valence-corrected chi connectivity index (χ0v) is 72.0. The summed E-state index contributed by atoms with van der Waals surface area (Å²) in [6.45, 7) is 1.44. The fourth-order valence-electron chi connectivity index (χ4n) is 14.3. The molecule has 0 amide bonds. The van der Waals surface area contributed by atoms with E-state index in [-0.39, 0.29) is 54.6 Å². The summed E-state index contributed by atoms with van der Waals surface area (Å²) in [5.74, 6) is -11.6. The Bertz CT molecular complexity index is 6690. The lowest BCUT2D eigenvalue weighted by Gasteiger charge is -2.28. The Balaban J connectivity index is 0.000000152. The number of benzene rings is 4. The number of halogens is 4. The van der Waals surface area contributed by atoms with Crippen LogP contribution in [0, 0.1) is 55.4 Å². The predicted molar refractivity (Wildman–Crippen MR) is 427 cm³/mol. The first-order chi connectivity index (χ1) is 62.3. The number of nitrogens with zero attached hydrogens (tertiary/aromatic N) is 4. The van der Waals surface area contributed by atoms with Crippen LogP contribution in [0.25, 0.3) is 0 Å². The van der Waals surface area contributed by atoms with Crippen LogP contribution < -0.4 is 63.1 Å². The van der Waals surface area contributed by atoms with Gasteiger partial charge in [-0.05, 0) is 77.6 Å². The number of aliphatic hydroxyl groups is 8. The van der Waals surface area contributed by atoms with E-state index in [0.717, 1.165) is 45.4 Å². The van der Waals surface area contributed by atoms with Gasteiger partial charge >= 0.3 is 54.0 Å². The fraction of sp³-hybridized carbons (Fsp3) is 0.474. The topological polar surface area (TPSA) is 597 Å². The van der Waals surface area contributed by atoms with Crippen molar-refractivity contribution in [2.75, 3.05) is 26.3 Å². The van der Waals surface area contributed by atoms with Crippen molar-refractivity contribution in [1.82, 2.24) is 38.2 Å². The van der Waals surface area contributed by atoms with Gasteiger partial charge in [-0.2, -0.15) is 0 Å². The lowest BCUT2D eigenvalue weighted by atomic mass is 10.1. The van der Waals surface area contributed by atoms with Crippen molar-refractivity contribution in [2.24, 2.45) is 0 Å². The van der Waals surface area contributed by atoms with E-state index >= 15 is 17.6 Å². The second-order valence-corrected chi connectivity index (χ2v) is 36.6. The number of phosphoric acid groups is 4. The van der Waals surface area contributed by atoms with Gasteiger partial charge in [-0.15, -0.1) is 0 Å². The lowest BCUT2D eigenvalue weighted by Crippen LogP contribution is -2.37. The van der Waals surface area contributed by atoms with E-state index in [0.29, 0.717) is 75.9 Å². The second kappa shape index (κ2) is 37.5. The number of fused-ring (bicyclic) bond motifs is 4. The Morgan fingerprint density at radius 2 is 0.625 bits per heavy atom. The zero-order chi connectivity index (χ0) is 98.5. The highest BCUT2D eigenvalue weighted by molar-refractivity contribution is 7.49. The molecule has 16 atom stereocenters. The minimum atomic E-state index is -4.75. The number of ether oxygens (including phenoxy) is 4. The van der Waals surface area contributed by atoms with Crippen molar-refractivity contribution >= 4 is 31.3 Å². The van der Waals surface area contributed by atoms with Crippen LogP contribution in [0.2, 0.25) is 0 Å². The molecule has 44 nitrogen and oxygen atoms in total. The summed E-state index contributed by atoms with van der Waals surface area (Å²) in [4.78, 5) is 103. The van der Waals surface area contributed by atoms with Crippen molar-refractivity contribution in [3.05, 3.63) is 246 Å². The number of aromatic amines is 4. The number of aromatic nitrogens is 8. The molecule has 16 rings (SSSR count). The SMILES string of the molecule is Cc1cc(C)c2c(c1)COP(=O)(OC[C@]1(F)C[C@@H](O)[C@H](n3cc(CO)c(=O)[nH]c3=O)O1)O2.[2H]C([2H])(OP1(=O)OCc2cc(C)cc(C)c2O1)[C@]1(F)C[C@@H](O)[C@H](n2cc(CO)c(=O)[nH]c2=O)O1.[2H]C([2H])(OP1(=O)OCc2cc(C)cc(C)c2O1)[C@]1(F)C[C@@H](O)[C@]([2H])(n2cc(CO)c(=O)[nH]c2=O)O1.[2H][C@@]1(n2cc(CO)c(=O)[nH]c2=O)O[C@](F)(COP2(=O)OCc3cc(C)cc(C)c3O2)C[C@H]1O. The molecule has 8 aliphatic heterocycles. The summed E-state index contributed by atoms with van der Waals surface area (Å²) >= 11 is 0. The predicted octanol–water partition coefficient (Wildman–Crippen LogP) is 5.30. The minimum absolute atomic E-state index is 0.0583. The van der Waals surface area contributed by atoms with Gasteiger partial charge in [0.15, 0.2) is 24.9 Å². The molecule has 128 heavy (non-hydrogen) atoms. The van der Waals surface area contributed by atoms with E-state index in [1.165, 1.54) is 0 Å². The highest BCUT2D eigenvalue weighted by Gasteiger charge is 2.55. The van der Waals surface area contributed by atoms with Crippen molar-refractivity contribution in [2.45, 2.75) is 207 Å². The molecule has 4 unspecified atom stereocenters. The van der Waals surface area contributed by atoms with Gasteiger partial charge in [-0.1, -0.05) is 70.8 Å². The molecule has 696 valence electrons. The van der Waals surface area contributed by atoms with Crippen molar-refractivity contribution in [3.63, 3.8) is 0 Å². The average Bonchev–Trinajstić information content (AvgIpc) is 1.55. The van der Waals surface area contributed by atoms with Gasteiger partial charge in [-0.3, -0.25) is 93.6 Å². The summed E-state index contributed by atoms with van der Waals surface area (Å²) in [7, 11) is -17.9. The monoisotopic (exact) mass is 1890 g/mol. The molecule has 8 aromatic rings. The van der Waals surface area contributed by atoms with Crippen LogP contribution >= 0.6 is 31.3 Å². The van der Waals surface area contributed by atoms with E-state index in [2.05, 4.69) is 0 Å². The van der Waals surface area contributed by atoms with Gasteiger partial charge in [-0.25, -0.2) is 55.0 Å². The van der Waals surface area contributed by atoms with Crippen molar-refractivity contribution in [3.8, 4) is 23.0 Å². The number of phosphoric ester groups is 4. The number of alkyl halides is 4. The minimum Gasteiger partial charge on any atom is -0.403 e. The Kier molecular flexibility index (Phi) is 25.8. The van der Waals surface area contributed by atoms with Gasteiger partial charge < -0.3 is 77.9 Å². The first-order valence-corrected chi connectivity index (χ1v) is 44.1. The third-order valence-electron chi connectivity index (χ3n) is 20.0. The van der Waals surface area contributed by atoms with Crippen molar-refractivity contribution < 1.29 is 158 Å². The van der Waals surface area contributed by atoms with Gasteiger partial charge in [0.25, 0.3) is 22.2 Å². The van der Waals surface area contributed by atoms with E-state index < -0.39 is 233 Å². The van der Waals surface area contributed by atoms with E-state index in [1.54, 1.807) is 69.1 Å². The number of hydrogen-bond donors (Lipinski definition) is 12. The quantitative estimate of drug-likeness (QED) is 0.0340. The highest BCUT2D eigenvalue weighted by atomic mass is 31.2. The normalized spacial score (nSPS) is 31.6. The Hall–Kier alpha value is -9.36. The molecule has 0 aliphatic carbocycles. The molecular formula is C76H88F4N8O36P4. The second-order valence-electron chi connectivity index (χ2n) is 30.4. The summed E-state index contributed by atoms with van der Waals surface area (Å²) < 4.78 is 247. The molecule has 0 radical (unpaired) electrons. The molecule has 4 fully saturated rings. The Labute approximate surface area is 726 Å². The number of aryl methyl sites for hydroxylation is 8. The van der Waals surface area contributed by atoms with Crippen LogP contribution in [-0.4, -0.2) is 153 Å². The molecule has 0 saturated carbocycles. The van der Waals surface area contributed by atoms with E-state index in [4.69, 9.17) is 81.5 Å². The van der Waals surface area contributed by atoms with Crippen LogP contribution in [-0.2, 0) is 126 Å². The summed E-state index contributed by atoms with van der Waals surface area (Å²) in [6, 6.07) is 14.1. The third kappa shape index (κ3) is 21.3. The fourth-order valence-corrected chi connectivity index (χ4v) is 19.2. The summed E-state index contributed by atoms with van der Waals surface area (Å²) in [5.41, 5.74) is -0.657. The number of H-pyrrole nitrogens is 4. The third-order valence-corrected chi connectivity index (χ3v) is 24.9. The van der Waals surface area contributed by atoms with E-state index in [9.17, 15) is 97.5 Å². The van der Waals surface area contributed by atoms with Crippen LogP contribution in [0.3, 0.4) is 0 Å². The van der Waals surface area contributed by atoms with Gasteiger partial charge in [0.05, 0.1) is 83.3 Å². The molecule has 12 N–H and O–H groups in total. The standard InChI is InChI=1S/4C19H22FN2O9P/c4*1-10-3-11(2)15-12(4-10)8-28-32(27,31-15)29-9-19(20)5-14(24)17(30-19)22-6-13(7-23)16(25)21-18(22)26/h4*3-4,6,14,17,23-24H,5,7-9H2,1-2H3,(H,21,25,26)/t4*14-,17-,19+,32?/m1111/s1/i9D2,17D;17D;9D2;. The number of hydrogen-bond acceptors (Lipinski definition) is 36. The number of nitrogens with one attached hydrogen (secondary N) is 4. The van der Waals surface area contributed by atoms with Gasteiger partial charge in [0.1, 0.15) is 73.7 Å². The van der Waals surface area contributed by atoms with Crippen molar-refractivity contribution in [1.29, 1.82) is 0 Å². The van der Waals surface area contributed by atoms with Crippen LogP contribution in [0.1, 0.15) is 148 Å². The smallest absolute Gasteiger partial charge is 0.403 e. The van der Waals surface area contributed by atoms with E-state index in [1.807, 2.05) is 54.8 Å². The summed E-state index contributed by atoms with van der Waals surface area (Å²) in [5, 5.41) is 78.3. The molecule has 0 bridgehead atoms. The Morgan fingerprint density at radius 1 is 0.383 bits per heavy atom. The molecule has 4 aromatic carbocycles. The van der Waals surface area contributed by atoms with Crippen LogP contribution in [0.15, 0.2) is 112 Å². The van der Waals surface area contributed by atoms with Crippen LogP contribution in [0.5, 0.6) is 23.0 Å². The zero-order valence-electron chi connectivity index (χ0n) is 74.4. The van der Waals surface area contributed by atoms with Crippen LogP contribution in [0.4, 0.5) is 17.6 Å².